The van der Waals surface area contributed by atoms with E-state index < -0.39 is 11.9 Å². The number of carbonyl (C=O) groups is 2. The van der Waals surface area contributed by atoms with Gasteiger partial charge in [-0.05, 0) is 18.6 Å². The minimum absolute atomic E-state index is 0.145. The number of rotatable bonds is 5. The van der Waals surface area contributed by atoms with Crippen LogP contribution >= 0.6 is 0 Å². The standard InChI is InChI=1S/C12H15NO3/c1-3-10(12(15)16-2)11(14)8-9-6-4-5-7-13-9/h4-7,10H,3,8H2,1-2H3. The van der Waals surface area contributed by atoms with Gasteiger partial charge in [-0.2, -0.15) is 0 Å². The Balaban J connectivity index is 2.67. The fourth-order valence-corrected chi connectivity index (χ4v) is 1.47. The second kappa shape index (κ2) is 6.00. The third-order valence-corrected chi connectivity index (χ3v) is 2.36. The number of ether oxygens (including phenoxy) is 1. The van der Waals surface area contributed by atoms with Gasteiger partial charge in [0.05, 0.1) is 7.11 Å². The molecule has 0 aliphatic carbocycles. The normalized spacial score (nSPS) is 11.9. The molecule has 0 N–H and O–H groups in total. The van der Waals surface area contributed by atoms with E-state index in [1.54, 1.807) is 25.3 Å². The Hall–Kier alpha value is -1.71. The number of ketones is 1. The van der Waals surface area contributed by atoms with Gasteiger partial charge in [0.25, 0.3) is 0 Å². The van der Waals surface area contributed by atoms with Crippen LogP contribution in [0.25, 0.3) is 0 Å². The molecule has 0 radical (unpaired) electrons. The molecule has 16 heavy (non-hydrogen) atoms. The summed E-state index contributed by atoms with van der Waals surface area (Å²) in [4.78, 5) is 27.2. The predicted molar refractivity (Wildman–Crippen MR) is 58.7 cm³/mol. The highest BCUT2D eigenvalue weighted by molar-refractivity contribution is 5.99. The molecule has 0 saturated heterocycles. The number of aromatic nitrogens is 1. The van der Waals surface area contributed by atoms with Crippen LogP contribution in [0.4, 0.5) is 0 Å². The summed E-state index contributed by atoms with van der Waals surface area (Å²) in [5.74, 6) is -1.29. The van der Waals surface area contributed by atoms with E-state index in [0.717, 1.165) is 0 Å². The summed E-state index contributed by atoms with van der Waals surface area (Å²) in [5, 5.41) is 0. The number of methoxy groups -OCH3 is 1. The second-order valence-electron chi connectivity index (χ2n) is 3.45. The van der Waals surface area contributed by atoms with Gasteiger partial charge >= 0.3 is 5.97 Å². The summed E-state index contributed by atoms with van der Waals surface area (Å²) in [6.45, 7) is 1.79. The van der Waals surface area contributed by atoms with Crippen LogP contribution in [0.2, 0.25) is 0 Å². The molecule has 1 aromatic heterocycles. The molecule has 1 rings (SSSR count). The van der Waals surface area contributed by atoms with Gasteiger partial charge in [0, 0.05) is 18.3 Å². The van der Waals surface area contributed by atoms with Gasteiger partial charge in [0.1, 0.15) is 5.92 Å². The number of carbonyl (C=O) groups excluding carboxylic acids is 2. The van der Waals surface area contributed by atoms with Gasteiger partial charge in [0.2, 0.25) is 0 Å². The average molecular weight is 221 g/mol. The van der Waals surface area contributed by atoms with E-state index in [4.69, 9.17) is 0 Å². The summed E-state index contributed by atoms with van der Waals surface area (Å²) in [6.07, 6.45) is 2.26. The summed E-state index contributed by atoms with van der Waals surface area (Å²) in [5.41, 5.74) is 0.676. The van der Waals surface area contributed by atoms with E-state index in [1.807, 2.05) is 6.07 Å². The first-order valence-corrected chi connectivity index (χ1v) is 5.19. The van der Waals surface area contributed by atoms with Crippen LogP contribution in [0, 0.1) is 5.92 Å². The summed E-state index contributed by atoms with van der Waals surface area (Å²) in [7, 11) is 1.29. The highest BCUT2D eigenvalue weighted by atomic mass is 16.5. The first-order chi connectivity index (χ1) is 7.69. The monoisotopic (exact) mass is 221 g/mol. The van der Waals surface area contributed by atoms with Gasteiger partial charge in [-0.3, -0.25) is 14.6 Å². The van der Waals surface area contributed by atoms with Gasteiger partial charge in [-0.25, -0.2) is 0 Å². The van der Waals surface area contributed by atoms with Crippen LogP contribution < -0.4 is 0 Å². The molecule has 86 valence electrons. The van der Waals surface area contributed by atoms with Gasteiger partial charge < -0.3 is 4.74 Å². The Morgan fingerprint density at radius 1 is 1.44 bits per heavy atom. The van der Waals surface area contributed by atoms with Crippen molar-refractivity contribution in [2.45, 2.75) is 19.8 Å². The Morgan fingerprint density at radius 2 is 2.19 bits per heavy atom. The molecule has 0 aliphatic heterocycles. The largest absolute Gasteiger partial charge is 0.468 e. The molecule has 0 spiro atoms. The lowest BCUT2D eigenvalue weighted by Crippen LogP contribution is -2.26. The number of hydrogen-bond donors (Lipinski definition) is 0. The van der Waals surface area contributed by atoms with E-state index in [1.165, 1.54) is 7.11 Å². The molecule has 1 unspecified atom stereocenters. The van der Waals surface area contributed by atoms with Crippen molar-refractivity contribution in [2.75, 3.05) is 7.11 Å². The Morgan fingerprint density at radius 3 is 2.69 bits per heavy atom. The van der Waals surface area contributed by atoms with E-state index in [2.05, 4.69) is 9.72 Å². The van der Waals surface area contributed by atoms with E-state index in [-0.39, 0.29) is 12.2 Å². The molecule has 0 bridgehead atoms. The Kier molecular flexibility index (Phi) is 4.64. The molecule has 1 heterocycles. The maximum Gasteiger partial charge on any atom is 0.316 e. The van der Waals surface area contributed by atoms with Crippen LogP contribution in [0.5, 0.6) is 0 Å². The minimum Gasteiger partial charge on any atom is -0.468 e. The number of pyridine rings is 1. The Bertz CT molecular complexity index is 362. The van der Waals surface area contributed by atoms with Crippen molar-refractivity contribution in [2.24, 2.45) is 5.92 Å². The van der Waals surface area contributed by atoms with Crippen LogP contribution in [0.3, 0.4) is 0 Å². The lowest BCUT2D eigenvalue weighted by molar-refractivity contribution is -0.149. The molecular formula is C12H15NO3. The summed E-state index contributed by atoms with van der Waals surface area (Å²) in [6, 6.07) is 5.36. The van der Waals surface area contributed by atoms with Gasteiger partial charge in [0.15, 0.2) is 5.78 Å². The highest BCUT2D eigenvalue weighted by Gasteiger charge is 2.25. The lowest BCUT2D eigenvalue weighted by atomic mass is 9.97. The maximum absolute atomic E-state index is 11.8. The van der Waals surface area contributed by atoms with Crippen molar-refractivity contribution in [3.8, 4) is 0 Å². The van der Waals surface area contributed by atoms with E-state index in [0.29, 0.717) is 12.1 Å². The van der Waals surface area contributed by atoms with Crippen molar-refractivity contribution in [1.82, 2.24) is 4.98 Å². The van der Waals surface area contributed by atoms with Crippen molar-refractivity contribution in [1.29, 1.82) is 0 Å². The molecule has 4 heteroatoms. The number of nitrogens with zero attached hydrogens (tertiary/aromatic N) is 1. The van der Waals surface area contributed by atoms with E-state index in [9.17, 15) is 9.59 Å². The molecule has 0 saturated carbocycles. The van der Waals surface area contributed by atoms with Crippen molar-refractivity contribution >= 4 is 11.8 Å². The molecule has 1 aromatic rings. The van der Waals surface area contributed by atoms with Gasteiger partial charge in [-0.15, -0.1) is 0 Å². The van der Waals surface area contributed by atoms with Crippen molar-refractivity contribution in [3.63, 3.8) is 0 Å². The number of esters is 1. The quantitative estimate of drug-likeness (QED) is 0.557. The summed E-state index contributed by atoms with van der Waals surface area (Å²) >= 11 is 0. The third kappa shape index (κ3) is 3.15. The van der Waals surface area contributed by atoms with Crippen LogP contribution in [0.15, 0.2) is 24.4 Å². The zero-order chi connectivity index (χ0) is 12.0. The fourth-order valence-electron chi connectivity index (χ4n) is 1.47. The first kappa shape index (κ1) is 12.4. The lowest BCUT2D eigenvalue weighted by Gasteiger charge is -2.10. The Labute approximate surface area is 94.6 Å². The zero-order valence-electron chi connectivity index (χ0n) is 9.47. The van der Waals surface area contributed by atoms with E-state index >= 15 is 0 Å². The highest BCUT2D eigenvalue weighted by Crippen LogP contribution is 2.10. The molecule has 1 atom stereocenters. The molecule has 0 aliphatic rings. The molecule has 0 amide bonds. The van der Waals surface area contributed by atoms with Crippen molar-refractivity contribution < 1.29 is 14.3 Å². The maximum atomic E-state index is 11.8. The number of Topliss-reactive ketones (excluding diaryl/α,β-unsaturated/α-hetero) is 1. The van der Waals surface area contributed by atoms with Crippen molar-refractivity contribution in [3.05, 3.63) is 30.1 Å². The minimum atomic E-state index is -0.674. The zero-order valence-corrected chi connectivity index (χ0v) is 9.47. The molecule has 0 aromatic carbocycles. The second-order valence-corrected chi connectivity index (χ2v) is 3.45. The smallest absolute Gasteiger partial charge is 0.316 e. The molecule has 4 nitrogen and oxygen atoms in total. The first-order valence-electron chi connectivity index (χ1n) is 5.19. The molecule has 0 fully saturated rings. The average Bonchev–Trinajstić information content (AvgIpc) is 2.31. The van der Waals surface area contributed by atoms with Crippen LogP contribution in [-0.4, -0.2) is 23.8 Å². The SMILES string of the molecule is CCC(C(=O)Cc1ccccn1)C(=O)OC. The molecular weight excluding hydrogens is 206 g/mol. The topological polar surface area (TPSA) is 56.3 Å². The van der Waals surface area contributed by atoms with Crippen LogP contribution in [-0.2, 0) is 20.7 Å². The fraction of sp³-hybridized carbons (Fsp3) is 0.417. The van der Waals surface area contributed by atoms with Gasteiger partial charge in [-0.1, -0.05) is 13.0 Å². The number of hydrogen-bond acceptors (Lipinski definition) is 4. The van der Waals surface area contributed by atoms with Crippen LogP contribution in [0.1, 0.15) is 19.0 Å². The third-order valence-electron chi connectivity index (χ3n) is 2.36. The summed E-state index contributed by atoms with van der Waals surface area (Å²) < 4.78 is 4.58. The predicted octanol–water partition coefficient (Wildman–Crippen LogP) is 1.39.